The monoisotopic (exact) mass is 381 g/mol. The molecular weight excluding hydrogens is 361 g/mol. The van der Waals surface area contributed by atoms with Crippen LogP contribution in [0.3, 0.4) is 0 Å². The minimum absolute atomic E-state index is 0.0573. The highest BCUT2D eigenvalue weighted by Crippen LogP contribution is 2.38. The Kier molecular flexibility index (Phi) is 4.58. The van der Waals surface area contributed by atoms with Gasteiger partial charge in [-0.25, -0.2) is 4.39 Å². The van der Waals surface area contributed by atoms with Crippen LogP contribution in [0.5, 0.6) is 0 Å². The Balaban J connectivity index is 1.50. The predicted octanol–water partition coefficient (Wildman–Crippen LogP) is 2.87. The number of fused-ring (bicyclic) bond motifs is 1. The minimum atomic E-state index is -0.869. The summed E-state index contributed by atoms with van der Waals surface area (Å²) in [6.07, 6.45) is 0.757. The van der Waals surface area contributed by atoms with Gasteiger partial charge in [-0.05, 0) is 35.6 Å². The fourth-order valence-corrected chi connectivity index (χ4v) is 3.87. The molecule has 2 atom stereocenters. The number of benzene rings is 2. The number of carbonyl (C=O) groups excluding carboxylic acids is 3. The highest BCUT2D eigenvalue weighted by molar-refractivity contribution is 6.39. The molecular formula is C21H20FN3O3. The molecule has 2 aromatic carbocycles. The van der Waals surface area contributed by atoms with Crippen LogP contribution in [0.1, 0.15) is 30.5 Å². The van der Waals surface area contributed by atoms with Gasteiger partial charge in [-0.1, -0.05) is 37.3 Å². The normalized spacial score (nSPS) is 20.6. The number of anilines is 2. The first-order valence-corrected chi connectivity index (χ1v) is 9.23. The van der Waals surface area contributed by atoms with Gasteiger partial charge in [-0.2, -0.15) is 0 Å². The van der Waals surface area contributed by atoms with Gasteiger partial charge in [0.1, 0.15) is 5.82 Å². The molecule has 0 aliphatic carbocycles. The summed E-state index contributed by atoms with van der Waals surface area (Å²) >= 11 is 0. The molecule has 0 bridgehead atoms. The number of rotatable bonds is 2. The van der Waals surface area contributed by atoms with Gasteiger partial charge in [0.15, 0.2) is 0 Å². The lowest BCUT2D eigenvalue weighted by atomic mass is 9.84. The molecule has 0 saturated carbocycles. The van der Waals surface area contributed by atoms with E-state index in [2.05, 4.69) is 10.6 Å². The first-order valence-electron chi connectivity index (χ1n) is 9.23. The van der Waals surface area contributed by atoms with Crippen molar-refractivity contribution in [1.82, 2.24) is 4.90 Å². The second-order valence-corrected chi connectivity index (χ2v) is 7.28. The lowest BCUT2D eigenvalue weighted by Crippen LogP contribution is -2.54. The molecule has 0 spiro atoms. The molecule has 0 radical (unpaired) electrons. The lowest BCUT2D eigenvalue weighted by Gasteiger charge is -2.46. The van der Waals surface area contributed by atoms with Crippen LogP contribution < -0.4 is 10.6 Å². The Morgan fingerprint density at radius 3 is 2.64 bits per heavy atom. The Labute approximate surface area is 161 Å². The van der Waals surface area contributed by atoms with Crippen molar-refractivity contribution in [2.24, 2.45) is 5.92 Å². The molecule has 3 amide bonds. The fourth-order valence-electron chi connectivity index (χ4n) is 3.87. The van der Waals surface area contributed by atoms with Crippen LogP contribution >= 0.6 is 0 Å². The van der Waals surface area contributed by atoms with Crippen LogP contribution in [-0.4, -0.2) is 29.2 Å². The summed E-state index contributed by atoms with van der Waals surface area (Å²) in [5, 5.41) is 4.99. The molecule has 1 saturated heterocycles. The maximum atomic E-state index is 14.3. The van der Waals surface area contributed by atoms with Gasteiger partial charge in [0.25, 0.3) is 0 Å². The summed E-state index contributed by atoms with van der Waals surface area (Å²) in [7, 11) is 0. The molecule has 2 aliphatic rings. The van der Waals surface area contributed by atoms with E-state index < -0.39 is 17.6 Å². The number of halogens is 1. The third kappa shape index (κ3) is 3.24. The summed E-state index contributed by atoms with van der Waals surface area (Å²) in [4.78, 5) is 38.0. The van der Waals surface area contributed by atoms with E-state index in [1.54, 1.807) is 0 Å². The first-order chi connectivity index (χ1) is 13.4. The molecule has 0 aromatic heterocycles. The molecule has 2 heterocycles. The van der Waals surface area contributed by atoms with Crippen molar-refractivity contribution < 1.29 is 18.8 Å². The van der Waals surface area contributed by atoms with Gasteiger partial charge < -0.3 is 15.5 Å². The maximum absolute atomic E-state index is 14.3. The zero-order valence-corrected chi connectivity index (χ0v) is 15.4. The number of nitrogens with one attached hydrogen (secondary N) is 2. The van der Waals surface area contributed by atoms with Crippen molar-refractivity contribution >= 4 is 29.1 Å². The number of aryl methyl sites for hydroxylation is 1. The quantitative estimate of drug-likeness (QED) is 0.785. The summed E-state index contributed by atoms with van der Waals surface area (Å²) < 4.78 is 14.3. The van der Waals surface area contributed by atoms with E-state index in [0.717, 1.165) is 11.1 Å². The maximum Gasteiger partial charge on any atom is 0.314 e. The van der Waals surface area contributed by atoms with E-state index in [1.165, 1.54) is 17.0 Å². The largest absolute Gasteiger partial charge is 0.327 e. The number of likely N-dealkylation sites (tertiary alicyclic amines) is 1. The average molecular weight is 381 g/mol. The van der Waals surface area contributed by atoms with E-state index in [1.807, 2.05) is 37.3 Å². The molecule has 4 rings (SSSR count). The molecule has 7 heteroatoms. The van der Waals surface area contributed by atoms with Crippen molar-refractivity contribution in [2.45, 2.75) is 25.8 Å². The van der Waals surface area contributed by atoms with Crippen LogP contribution in [0.4, 0.5) is 15.8 Å². The Hall–Kier alpha value is -3.22. The van der Waals surface area contributed by atoms with Crippen molar-refractivity contribution in [3.05, 3.63) is 59.4 Å². The van der Waals surface area contributed by atoms with E-state index in [9.17, 15) is 18.8 Å². The van der Waals surface area contributed by atoms with Crippen molar-refractivity contribution in [2.75, 3.05) is 17.2 Å². The molecule has 6 nitrogen and oxygen atoms in total. The smallest absolute Gasteiger partial charge is 0.314 e. The molecule has 144 valence electrons. The van der Waals surface area contributed by atoms with Crippen LogP contribution in [0.25, 0.3) is 0 Å². The summed E-state index contributed by atoms with van der Waals surface area (Å²) in [6.45, 7) is 2.50. The van der Waals surface area contributed by atoms with Gasteiger partial charge >= 0.3 is 11.8 Å². The average Bonchev–Trinajstić information content (AvgIpc) is 2.67. The number of hydrogen-bond donors (Lipinski definition) is 2. The van der Waals surface area contributed by atoms with E-state index in [4.69, 9.17) is 0 Å². The zero-order valence-electron chi connectivity index (χ0n) is 15.4. The van der Waals surface area contributed by atoms with Gasteiger partial charge in [0.2, 0.25) is 5.91 Å². The van der Waals surface area contributed by atoms with E-state index in [-0.39, 0.29) is 23.6 Å². The molecule has 2 N–H and O–H groups in total. The number of amides is 3. The highest BCUT2D eigenvalue weighted by Gasteiger charge is 2.42. The topological polar surface area (TPSA) is 78.5 Å². The molecule has 2 aromatic rings. The molecule has 0 unspecified atom stereocenters. The van der Waals surface area contributed by atoms with Gasteiger partial charge in [-0.3, -0.25) is 14.4 Å². The number of hydrogen-bond acceptors (Lipinski definition) is 3. The molecule has 2 aliphatic heterocycles. The third-order valence-electron chi connectivity index (χ3n) is 5.29. The van der Waals surface area contributed by atoms with Crippen LogP contribution in [-0.2, 0) is 20.8 Å². The van der Waals surface area contributed by atoms with Crippen molar-refractivity contribution in [1.29, 1.82) is 0 Å². The minimum Gasteiger partial charge on any atom is -0.327 e. The predicted molar refractivity (Wildman–Crippen MR) is 102 cm³/mol. The standard InChI is InChI=1S/C21H20FN3O3/c1-12-11-25(19(12)13-5-3-2-4-6-13)21(28)20(27)24-17-9-14-7-8-18(26)23-16(14)10-15(17)22/h2-6,9-10,12,19H,7-8,11H2,1H3,(H,23,26)(H,24,27)/t12-,19-/m1/s1. The van der Waals surface area contributed by atoms with E-state index in [0.29, 0.717) is 25.1 Å². The number of carbonyl (C=O) groups is 3. The summed E-state index contributed by atoms with van der Waals surface area (Å²) in [6, 6.07) is 12.0. The van der Waals surface area contributed by atoms with Crippen LogP contribution in [0.15, 0.2) is 42.5 Å². The Bertz CT molecular complexity index is 961. The summed E-state index contributed by atoms with van der Waals surface area (Å²) in [5.41, 5.74) is 2.04. The third-order valence-corrected chi connectivity index (χ3v) is 5.29. The van der Waals surface area contributed by atoms with Crippen LogP contribution in [0.2, 0.25) is 0 Å². The van der Waals surface area contributed by atoms with Crippen molar-refractivity contribution in [3.8, 4) is 0 Å². The first kappa shape index (κ1) is 18.2. The second kappa shape index (κ2) is 7.07. The summed E-state index contributed by atoms with van der Waals surface area (Å²) in [5.74, 6) is -2.18. The van der Waals surface area contributed by atoms with E-state index >= 15 is 0 Å². The number of nitrogens with zero attached hydrogens (tertiary/aromatic N) is 1. The van der Waals surface area contributed by atoms with Crippen molar-refractivity contribution in [3.63, 3.8) is 0 Å². The highest BCUT2D eigenvalue weighted by atomic mass is 19.1. The SMILES string of the molecule is C[C@@H]1CN(C(=O)C(=O)Nc2cc3c(cc2F)NC(=O)CC3)[C@H]1c1ccccc1. The molecule has 1 fully saturated rings. The Morgan fingerprint density at radius 1 is 1.18 bits per heavy atom. The van der Waals surface area contributed by atoms with Gasteiger partial charge in [0, 0.05) is 18.7 Å². The fraction of sp³-hybridized carbons (Fsp3) is 0.286. The second-order valence-electron chi connectivity index (χ2n) is 7.28. The van der Waals surface area contributed by atoms with Gasteiger partial charge in [0.05, 0.1) is 11.7 Å². The van der Waals surface area contributed by atoms with Crippen LogP contribution in [0, 0.1) is 11.7 Å². The zero-order chi connectivity index (χ0) is 19.8. The molecule has 28 heavy (non-hydrogen) atoms. The van der Waals surface area contributed by atoms with Gasteiger partial charge in [-0.15, -0.1) is 0 Å². The Morgan fingerprint density at radius 2 is 1.93 bits per heavy atom. The lowest BCUT2D eigenvalue weighted by molar-refractivity contribution is -0.152.